The average molecular weight is 282 g/mol. The lowest BCUT2D eigenvalue weighted by Gasteiger charge is -2.28. The van der Waals surface area contributed by atoms with E-state index in [0.717, 1.165) is 31.7 Å². The molecular formula is C17H18N2O2. The summed E-state index contributed by atoms with van der Waals surface area (Å²) >= 11 is 0. The molecular weight excluding hydrogens is 264 g/mol. The van der Waals surface area contributed by atoms with Gasteiger partial charge in [0.1, 0.15) is 5.69 Å². The molecule has 2 heterocycles. The molecule has 0 amide bonds. The van der Waals surface area contributed by atoms with Crippen LogP contribution in [0.1, 0.15) is 27.3 Å². The molecule has 0 N–H and O–H groups in total. The number of hydrogen-bond acceptors (Lipinski definition) is 4. The van der Waals surface area contributed by atoms with Crippen LogP contribution >= 0.6 is 0 Å². The molecule has 108 valence electrons. The minimum Gasteiger partial charge on any atom is -0.464 e. The second-order valence-electron chi connectivity index (χ2n) is 5.24. The van der Waals surface area contributed by atoms with E-state index >= 15 is 0 Å². The number of ether oxygens (including phenoxy) is 1. The molecule has 1 aromatic heterocycles. The Morgan fingerprint density at radius 1 is 1.24 bits per heavy atom. The van der Waals surface area contributed by atoms with Crippen molar-refractivity contribution in [3.63, 3.8) is 0 Å². The van der Waals surface area contributed by atoms with Crippen LogP contribution < -0.4 is 0 Å². The lowest BCUT2D eigenvalue weighted by molar-refractivity contribution is 0.0593. The minimum atomic E-state index is -0.371. The molecule has 0 aliphatic carbocycles. The third kappa shape index (κ3) is 3.11. The van der Waals surface area contributed by atoms with Crippen LogP contribution in [-0.2, 0) is 24.2 Å². The van der Waals surface area contributed by atoms with Crippen LogP contribution in [0, 0.1) is 0 Å². The predicted molar refractivity (Wildman–Crippen MR) is 79.8 cm³/mol. The van der Waals surface area contributed by atoms with E-state index < -0.39 is 0 Å². The quantitative estimate of drug-likeness (QED) is 0.811. The number of carbonyl (C=O) groups excluding carboxylic acids is 1. The van der Waals surface area contributed by atoms with Crippen LogP contribution in [0.25, 0.3) is 0 Å². The number of esters is 1. The van der Waals surface area contributed by atoms with Gasteiger partial charge in [-0.05, 0) is 17.2 Å². The lowest BCUT2D eigenvalue weighted by Crippen LogP contribution is -2.31. The molecule has 3 rings (SSSR count). The van der Waals surface area contributed by atoms with Gasteiger partial charge in [0, 0.05) is 31.7 Å². The van der Waals surface area contributed by atoms with Gasteiger partial charge < -0.3 is 4.74 Å². The molecule has 0 saturated heterocycles. The number of fused-ring (bicyclic) bond motifs is 1. The zero-order chi connectivity index (χ0) is 14.7. The highest BCUT2D eigenvalue weighted by Crippen LogP contribution is 2.19. The van der Waals surface area contributed by atoms with Gasteiger partial charge in [-0.25, -0.2) is 9.78 Å². The number of aromatic nitrogens is 1. The summed E-state index contributed by atoms with van der Waals surface area (Å²) in [5.74, 6) is -0.371. The smallest absolute Gasteiger partial charge is 0.356 e. The fraction of sp³-hybridized carbons (Fsp3) is 0.294. The molecule has 1 aliphatic rings. The van der Waals surface area contributed by atoms with Crippen molar-refractivity contribution < 1.29 is 9.53 Å². The standard InChI is InChI=1S/C17H18N2O2/c1-21-17(20)16-8-7-14-12-19(10-9-15(14)18-16)11-13-5-3-2-4-6-13/h2-8H,9-12H2,1H3. The van der Waals surface area contributed by atoms with Crippen molar-refractivity contribution in [2.45, 2.75) is 19.5 Å². The van der Waals surface area contributed by atoms with Gasteiger partial charge in [0.2, 0.25) is 0 Å². The fourth-order valence-corrected chi connectivity index (χ4v) is 2.67. The van der Waals surface area contributed by atoms with Crippen molar-refractivity contribution in [2.24, 2.45) is 0 Å². The van der Waals surface area contributed by atoms with Crippen LogP contribution in [0.3, 0.4) is 0 Å². The van der Waals surface area contributed by atoms with E-state index in [2.05, 4.69) is 34.1 Å². The zero-order valence-corrected chi connectivity index (χ0v) is 12.1. The Morgan fingerprint density at radius 2 is 2.05 bits per heavy atom. The van der Waals surface area contributed by atoms with Crippen molar-refractivity contribution in [1.29, 1.82) is 0 Å². The van der Waals surface area contributed by atoms with E-state index in [1.807, 2.05) is 12.1 Å². The summed E-state index contributed by atoms with van der Waals surface area (Å²) in [6.45, 7) is 2.78. The molecule has 0 saturated carbocycles. The van der Waals surface area contributed by atoms with Crippen LogP contribution in [0.15, 0.2) is 42.5 Å². The summed E-state index contributed by atoms with van der Waals surface area (Å²) in [6, 6.07) is 14.2. The first-order valence-electron chi connectivity index (χ1n) is 7.09. The number of carbonyl (C=O) groups is 1. The van der Waals surface area contributed by atoms with Crippen molar-refractivity contribution in [1.82, 2.24) is 9.88 Å². The highest BCUT2D eigenvalue weighted by Gasteiger charge is 2.19. The van der Waals surface area contributed by atoms with Gasteiger partial charge in [-0.1, -0.05) is 36.4 Å². The number of pyridine rings is 1. The summed E-state index contributed by atoms with van der Waals surface area (Å²) in [5.41, 5.74) is 3.93. The van der Waals surface area contributed by atoms with Gasteiger partial charge in [-0.3, -0.25) is 4.90 Å². The molecule has 4 heteroatoms. The van der Waals surface area contributed by atoms with Crippen molar-refractivity contribution in [2.75, 3.05) is 13.7 Å². The van der Waals surface area contributed by atoms with Gasteiger partial charge in [-0.2, -0.15) is 0 Å². The van der Waals surface area contributed by atoms with E-state index in [-0.39, 0.29) is 5.97 Å². The van der Waals surface area contributed by atoms with E-state index in [1.54, 1.807) is 6.07 Å². The maximum absolute atomic E-state index is 11.5. The summed E-state index contributed by atoms with van der Waals surface area (Å²) in [5, 5.41) is 0. The molecule has 1 aromatic carbocycles. The normalized spacial score (nSPS) is 14.5. The Kier molecular flexibility index (Phi) is 3.97. The highest BCUT2D eigenvalue weighted by atomic mass is 16.5. The molecule has 1 aliphatic heterocycles. The molecule has 0 fully saturated rings. The summed E-state index contributed by atoms with van der Waals surface area (Å²) in [6.07, 6.45) is 0.868. The molecule has 0 bridgehead atoms. The Bertz CT molecular complexity index is 640. The number of rotatable bonds is 3. The molecule has 2 aromatic rings. The topological polar surface area (TPSA) is 42.4 Å². The third-order valence-corrected chi connectivity index (χ3v) is 3.77. The Hall–Kier alpha value is -2.20. The Balaban J connectivity index is 1.73. The van der Waals surface area contributed by atoms with E-state index in [4.69, 9.17) is 4.74 Å². The van der Waals surface area contributed by atoms with Gasteiger partial charge in [0.05, 0.1) is 7.11 Å². The maximum Gasteiger partial charge on any atom is 0.356 e. The zero-order valence-electron chi connectivity index (χ0n) is 12.1. The fourth-order valence-electron chi connectivity index (χ4n) is 2.67. The monoisotopic (exact) mass is 282 g/mol. The predicted octanol–water partition coefficient (Wildman–Crippen LogP) is 2.43. The number of benzene rings is 1. The van der Waals surface area contributed by atoms with Gasteiger partial charge in [0.15, 0.2) is 0 Å². The second kappa shape index (κ2) is 6.06. The first kappa shape index (κ1) is 13.8. The minimum absolute atomic E-state index is 0.371. The molecule has 0 spiro atoms. The van der Waals surface area contributed by atoms with E-state index in [0.29, 0.717) is 5.69 Å². The highest BCUT2D eigenvalue weighted by molar-refractivity contribution is 5.87. The maximum atomic E-state index is 11.5. The molecule has 0 atom stereocenters. The van der Waals surface area contributed by atoms with Crippen molar-refractivity contribution in [3.05, 3.63) is 65.0 Å². The van der Waals surface area contributed by atoms with Crippen LogP contribution in [0.2, 0.25) is 0 Å². The molecule has 0 unspecified atom stereocenters. The lowest BCUT2D eigenvalue weighted by atomic mass is 10.0. The molecule has 4 nitrogen and oxygen atoms in total. The number of methoxy groups -OCH3 is 1. The van der Waals surface area contributed by atoms with E-state index in [9.17, 15) is 4.79 Å². The third-order valence-electron chi connectivity index (χ3n) is 3.77. The molecule has 0 radical (unpaired) electrons. The number of nitrogens with zero attached hydrogens (tertiary/aromatic N) is 2. The summed E-state index contributed by atoms with van der Waals surface area (Å²) < 4.78 is 4.72. The summed E-state index contributed by atoms with van der Waals surface area (Å²) in [4.78, 5) is 18.3. The largest absolute Gasteiger partial charge is 0.464 e. The molecule has 21 heavy (non-hydrogen) atoms. The summed E-state index contributed by atoms with van der Waals surface area (Å²) in [7, 11) is 1.38. The SMILES string of the molecule is COC(=O)c1ccc2c(n1)CCN(Cc1ccccc1)C2. The van der Waals surface area contributed by atoms with Gasteiger partial charge >= 0.3 is 5.97 Å². The Morgan fingerprint density at radius 3 is 2.81 bits per heavy atom. The van der Waals surface area contributed by atoms with E-state index in [1.165, 1.54) is 18.2 Å². The van der Waals surface area contributed by atoms with Crippen LogP contribution in [-0.4, -0.2) is 29.5 Å². The average Bonchev–Trinajstić information content (AvgIpc) is 2.54. The first-order valence-corrected chi connectivity index (χ1v) is 7.09. The number of hydrogen-bond donors (Lipinski definition) is 0. The Labute approximate surface area is 124 Å². The first-order chi connectivity index (χ1) is 10.3. The van der Waals surface area contributed by atoms with Crippen molar-refractivity contribution in [3.8, 4) is 0 Å². The van der Waals surface area contributed by atoms with Gasteiger partial charge in [-0.15, -0.1) is 0 Å². The van der Waals surface area contributed by atoms with Crippen LogP contribution in [0.5, 0.6) is 0 Å². The van der Waals surface area contributed by atoms with Crippen LogP contribution in [0.4, 0.5) is 0 Å². The van der Waals surface area contributed by atoms with Gasteiger partial charge in [0.25, 0.3) is 0 Å². The van der Waals surface area contributed by atoms with Crippen molar-refractivity contribution >= 4 is 5.97 Å². The second-order valence-corrected chi connectivity index (χ2v) is 5.24.